The molecule has 5 rings (SSSR count). The Morgan fingerprint density at radius 3 is 2.21 bits per heavy atom. The summed E-state index contributed by atoms with van der Waals surface area (Å²) in [6.45, 7) is 10.3. The molecule has 3 aliphatic rings. The first-order chi connectivity index (χ1) is 26.1. The molecule has 0 saturated carbocycles. The van der Waals surface area contributed by atoms with Crippen molar-refractivity contribution in [2.75, 3.05) is 58.5 Å². The number of carboxylic acid groups (broad SMARTS) is 1. The molecule has 0 fully saturated rings. The molecule has 2 heterocycles. The number of nitrogens with one attached hydrogen (secondary N) is 2. The molecule has 56 heavy (non-hydrogen) atoms. The number of carbonyl (C=O) groups is 3. The monoisotopic (exact) mass is 787 g/mol. The molecule has 0 aromatic heterocycles. The second kappa shape index (κ2) is 16.5. The molecule has 0 radical (unpaired) electrons. The van der Waals surface area contributed by atoms with Gasteiger partial charge >= 0.3 is 0 Å². The van der Waals surface area contributed by atoms with Crippen molar-refractivity contribution in [3.8, 4) is 0 Å². The standard InChI is InChI=1S/C43H57N5O7S/c1-42(2)31-18-11-13-20-34(31)46(5)36(42)26-29-39(45-33(28-56(53,54)55)41(52)44-23-15-9-10-22-38(49)50)30(40(29)51)27-37-43(3,4)32-19-12-14-21-35(32)47(37)24-16-17-25-48(6,7)8/h11-14,18-21,26-27,33H,9-10,15-17,22-25,28H2,1-8H3,(H2-2,44,45,49,50,51,52,53,54,55). The Labute approximate surface area is 332 Å². The highest BCUT2D eigenvalue weighted by Gasteiger charge is 2.47. The van der Waals surface area contributed by atoms with Gasteiger partial charge in [0.25, 0.3) is 0 Å². The summed E-state index contributed by atoms with van der Waals surface area (Å²) in [7, 11) is 3.54. The van der Waals surface area contributed by atoms with Crippen LogP contribution in [0.4, 0.5) is 11.4 Å². The van der Waals surface area contributed by atoms with E-state index in [0.29, 0.717) is 30.5 Å². The van der Waals surface area contributed by atoms with Gasteiger partial charge in [0, 0.05) is 59.1 Å². The summed E-state index contributed by atoms with van der Waals surface area (Å²) in [5.74, 6) is -3.17. The number of allylic oxidation sites excluding steroid dienone is 5. The van der Waals surface area contributed by atoms with Crippen LogP contribution in [0.25, 0.3) is 0 Å². The lowest BCUT2D eigenvalue weighted by atomic mass is 9.77. The van der Waals surface area contributed by atoms with Gasteiger partial charge in [0.05, 0.1) is 60.2 Å². The van der Waals surface area contributed by atoms with Crippen LogP contribution >= 0.6 is 0 Å². The predicted molar refractivity (Wildman–Crippen MR) is 215 cm³/mol. The minimum absolute atomic E-state index is 0.103. The first-order valence-electron chi connectivity index (χ1n) is 19.4. The minimum atomic E-state index is -4.90. The summed E-state index contributed by atoms with van der Waals surface area (Å²) in [5, 5.41) is 16.6. The molecule has 0 spiro atoms. The van der Waals surface area contributed by atoms with E-state index in [9.17, 15) is 32.5 Å². The zero-order valence-electron chi connectivity index (χ0n) is 34.0. The van der Waals surface area contributed by atoms with Crippen LogP contribution < -0.4 is 20.6 Å². The molecule has 1 aliphatic carbocycles. The highest BCUT2D eigenvalue weighted by molar-refractivity contribution is 7.85. The van der Waals surface area contributed by atoms with Crippen molar-refractivity contribution in [2.45, 2.75) is 83.1 Å². The summed E-state index contributed by atoms with van der Waals surface area (Å²) in [5.41, 5.74) is 5.90. The first-order valence-corrected chi connectivity index (χ1v) is 21.0. The molecule has 2 N–H and O–H groups in total. The maximum atomic E-state index is 14.5. The van der Waals surface area contributed by atoms with E-state index in [0.717, 1.165) is 64.3 Å². The van der Waals surface area contributed by atoms with Crippen LogP contribution in [0.3, 0.4) is 0 Å². The summed E-state index contributed by atoms with van der Waals surface area (Å²) in [6, 6.07) is 14.7. The third-order valence-electron chi connectivity index (χ3n) is 11.2. The fraction of sp³-hybridized carbons (Fsp3) is 0.488. The predicted octanol–water partition coefficient (Wildman–Crippen LogP) is 3.55. The molecular formula is C43H57N5O7S. The molecule has 2 aromatic carbocycles. The molecular weight excluding hydrogens is 731 g/mol. The lowest BCUT2D eigenvalue weighted by Crippen LogP contribution is -2.50. The topological polar surface area (TPSA) is 162 Å². The number of ketones is 1. The Morgan fingerprint density at radius 2 is 1.57 bits per heavy atom. The zero-order chi connectivity index (χ0) is 41.2. The van der Waals surface area contributed by atoms with Crippen molar-refractivity contribution in [3.05, 3.63) is 94.4 Å². The van der Waals surface area contributed by atoms with Gasteiger partial charge in [-0.2, -0.15) is 4.58 Å². The molecule has 0 bridgehead atoms. The molecule has 0 saturated heterocycles. The average Bonchev–Trinajstić information content (AvgIpc) is 3.44. The van der Waals surface area contributed by atoms with Crippen molar-refractivity contribution >= 4 is 44.9 Å². The molecule has 2 aliphatic heterocycles. The van der Waals surface area contributed by atoms with E-state index in [-0.39, 0.29) is 24.3 Å². The number of quaternary nitrogens is 1. The largest absolute Gasteiger partial charge is 0.748 e. The number of rotatable bonds is 18. The fourth-order valence-corrected chi connectivity index (χ4v) is 8.73. The number of para-hydroxylation sites is 2. The summed E-state index contributed by atoms with van der Waals surface area (Å²) < 4.78 is 39.6. The Kier molecular flexibility index (Phi) is 12.5. The van der Waals surface area contributed by atoms with Crippen LogP contribution in [0.15, 0.2) is 83.2 Å². The van der Waals surface area contributed by atoms with Crippen LogP contribution in [0.2, 0.25) is 0 Å². The summed E-state index contributed by atoms with van der Waals surface area (Å²) >= 11 is 0. The van der Waals surface area contributed by atoms with Gasteiger partial charge < -0.3 is 34.5 Å². The smallest absolute Gasteiger partial charge is 0.243 e. The van der Waals surface area contributed by atoms with E-state index in [2.05, 4.69) is 82.6 Å². The quantitative estimate of drug-likeness (QED) is 0.0757. The summed E-state index contributed by atoms with van der Waals surface area (Å²) in [6.07, 6.45) is 6.80. The van der Waals surface area contributed by atoms with Crippen molar-refractivity contribution < 1.29 is 41.5 Å². The maximum absolute atomic E-state index is 14.5. The summed E-state index contributed by atoms with van der Waals surface area (Å²) in [4.78, 5) is 41.1. The van der Waals surface area contributed by atoms with Crippen LogP contribution in [0.1, 0.15) is 77.3 Å². The van der Waals surface area contributed by atoms with Gasteiger partial charge in [0.15, 0.2) is 11.5 Å². The molecule has 1 unspecified atom stereocenters. The molecule has 1 atom stereocenters. The number of aliphatic carboxylic acids is 1. The first kappa shape index (κ1) is 42.6. The molecule has 12 nitrogen and oxygen atoms in total. The van der Waals surface area contributed by atoms with E-state index < -0.39 is 44.6 Å². The van der Waals surface area contributed by atoms with Gasteiger partial charge in [-0.25, -0.2) is 8.42 Å². The van der Waals surface area contributed by atoms with Crippen molar-refractivity contribution in [1.29, 1.82) is 0 Å². The molecule has 302 valence electrons. The SMILES string of the molecule is C[N+]1=C(/C=C2\C(=O)C(/C=C3/N(CCCC[N+](C)(C)C)c4ccccc4C3(C)C)=C2NC(CS(=O)(=O)[O-])C(=O)NCCCCCC(=O)[O-])C(C)(C)c2ccccc21. The van der Waals surface area contributed by atoms with E-state index in [1.54, 1.807) is 0 Å². The Morgan fingerprint density at radius 1 is 0.911 bits per heavy atom. The van der Waals surface area contributed by atoms with Crippen molar-refractivity contribution in [2.24, 2.45) is 0 Å². The third-order valence-corrected chi connectivity index (χ3v) is 11.9. The van der Waals surface area contributed by atoms with E-state index in [1.807, 2.05) is 54.1 Å². The van der Waals surface area contributed by atoms with Crippen LogP contribution in [0, 0.1) is 0 Å². The van der Waals surface area contributed by atoms with Crippen LogP contribution in [-0.2, 0) is 35.3 Å². The second-order valence-electron chi connectivity index (χ2n) is 17.2. The van der Waals surface area contributed by atoms with Crippen LogP contribution in [0.5, 0.6) is 0 Å². The lowest BCUT2D eigenvalue weighted by molar-refractivity contribution is -0.870. The number of hydrogen-bond acceptors (Lipinski definition) is 9. The Hall–Kier alpha value is -4.59. The fourth-order valence-electron chi connectivity index (χ4n) is 8.08. The van der Waals surface area contributed by atoms with Crippen molar-refractivity contribution in [1.82, 2.24) is 10.6 Å². The normalized spacial score (nSPS) is 19.3. The van der Waals surface area contributed by atoms with Gasteiger partial charge in [0.1, 0.15) is 13.1 Å². The van der Waals surface area contributed by atoms with Crippen LogP contribution in [-0.4, -0.2) is 105 Å². The van der Waals surface area contributed by atoms with Gasteiger partial charge in [-0.1, -0.05) is 56.7 Å². The van der Waals surface area contributed by atoms with Gasteiger partial charge in [-0.3, -0.25) is 9.59 Å². The number of fused-ring (bicyclic) bond motifs is 2. The second-order valence-corrected chi connectivity index (χ2v) is 18.7. The number of hydrogen-bond donors (Lipinski definition) is 2. The maximum Gasteiger partial charge on any atom is 0.243 e. The lowest BCUT2D eigenvalue weighted by Gasteiger charge is -2.33. The number of amides is 1. The minimum Gasteiger partial charge on any atom is -0.748 e. The third kappa shape index (κ3) is 9.33. The van der Waals surface area contributed by atoms with Gasteiger partial charge in [-0.15, -0.1) is 0 Å². The zero-order valence-corrected chi connectivity index (χ0v) is 34.8. The number of benzene rings is 2. The number of anilines is 1. The molecule has 2 aromatic rings. The number of carbonyl (C=O) groups excluding carboxylic acids is 3. The van der Waals surface area contributed by atoms with E-state index >= 15 is 0 Å². The van der Waals surface area contributed by atoms with Crippen molar-refractivity contribution in [3.63, 3.8) is 0 Å². The number of Topliss-reactive ketones (excluding diaryl/α,β-unsaturated/α-hetero) is 1. The highest BCUT2D eigenvalue weighted by atomic mass is 32.2. The van der Waals surface area contributed by atoms with E-state index in [4.69, 9.17) is 0 Å². The average molecular weight is 788 g/mol. The number of unbranched alkanes of at least 4 members (excludes halogenated alkanes) is 3. The molecule has 13 heteroatoms. The molecule has 1 amide bonds. The Balaban J connectivity index is 1.58. The van der Waals surface area contributed by atoms with E-state index in [1.165, 1.54) is 0 Å². The number of nitrogens with zero attached hydrogens (tertiary/aromatic N) is 3. The highest BCUT2D eigenvalue weighted by Crippen LogP contribution is 2.49. The van der Waals surface area contributed by atoms with Gasteiger partial charge in [0.2, 0.25) is 11.6 Å². The Bertz CT molecular complexity index is 2120. The van der Waals surface area contributed by atoms with Gasteiger partial charge in [-0.05, 0) is 63.7 Å². The number of carboxylic acids is 1.